The number of rotatable bonds is 3. The van der Waals surface area contributed by atoms with Crippen LogP contribution in [0, 0.1) is 13.8 Å². The molecule has 3 nitrogen and oxygen atoms in total. The highest BCUT2D eigenvalue weighted by atomic mass is 19.3. The third-order valence-corrected chi connectivity index (χ3v) is 5.69. The molecule has 3 heterocycles. The summed E-state index contributed by atoms with van der Waals surface area (Å²) in [5.41, 5.74) is 7.00. The van der Waals surface area contributed by atoms with E-state index in [1.807, 2.05) is 32.0 Å². The molecule has 148 valence electrons. The number of hydrogen-bond acceptors (Lipinski definition) is 2. The summed E-state index contributed by atoms with van der Waals surface area (Å²) in [6.45, 7) is 8.67. The maximum absolute atomic E-state index is 14.5. The first kappa shape index (κ1) is 19.1. The second-order valence-electron chi connectivity index (χ2n) is 8.29. The van der Waals surface area contributed by atoms with Crippen molar-refractivity contribution < 1.29 is 8.78 Å². The van der Waals surface area contributed by atoms with Crippen molar-refractivity contribution in [2.45, 2.75) is 51.9 Å². The number of alkyl halides is 2. The van der Waals surface area contributed by atoms with Crippen molar-refractivity contribution in [2.24, 2.45) is 0 Å². The molecule has 4 rings (SSSR count). The SMILES string of the molecule is Cc1cc(-c2[nH]c3ccc([C@H]4CCNCC4(F)F)cc3c2C(C)C)cc(C)n1. The van der Waals surface area contributed by atoms with Gasteiger partial charge in [0.1, 0.15) is 0 Å². The molecule has 3 aromatic rings. The quantitative estimate of drug-likeness (QED) is 0.611. The molecule has 0 saturated carbocycles. The number of aromatic nitrogens is 2. The first-order valence-electron chi connectivity index (χ1n) is 9.96. The van der Waals surface area contributed by atoms with Crippen molar-refractivity contribution in [1.29, 1.82) is 0 Å². The molecular formula is C23H27F2N3. The number of nitrogens with zero attached hydrogens (tertiary/aromatic N) is 1. The Morgan fingerprint density at radius 2 is 1.82 bits per heavy atom. The zero-order valence-corrected chi connectivity index (χ0v) is 16.9. The van der Waals surface area contributed by atoms with E-state index < -0.39 is 11.8 Å². The Morgan fingerprint density at radius 3 is 2.46 bits per heavy atom. The summed E-state index contributed by atoms with van der Waals surface area (Å²) in [5.74, 6) is -3.19. The fraction of sp³-hybridized carbons (Fsp3) is 0.435. The van der Waals surface area contributed by atoms with Crippen LogP contribution in [0.4, 0.5) is 8.78 Å². The van der Waals surface area contributed by atoms with Gasteiger partial charge in [0.2, 0.25) is 0 Å². The summed E-state index contributed by atoms with van der Waals surface area (Å²) >= 11 is 0. The number of pyridine rings is 1. The van der Waals surface area contributed by atoms with Crippen LogP contribution in [0.25, 0.3) is 22.2 Å². The van der Waals surface area contributed by atoms with Crippen molar-refractivity contribution in [3.63, 3.8) is 0 Å². The molecule has 0 unspecified atom stereocenters. The molecule has 1 saturated heterocycles. The van der Waals surface area contributed by atoms with E-state index in [1.165, 1.54) is 5.56 Å². The Morgan fingerprint density at radius 1 is 1.11 bits per heavy atom. The van der Waals surface area contributed by atoms with Gasteiger partial charge in [-0.15, -0.1) is 0 Å². The summed E-state index contributed by atoms with van der Waals surface area (Å²) in [4.78, 5) is 8.02. The van der Waals surface area contributed by atoms with Crippen molar-refractivity contribution in [1.82, 2.24) is 15.3 Å². The average molecular weight is 383 g/mol. The lowest BCUT2D eigenvalue weighted by Crippen LogP contribution is -2.44. The molecule has 0 radical (unpaired) electrons. The standard InChI is InChI=1S/C23H27F2N3/c1-13(2)21-18-11-16(19-7-8-26-12-23(19,24)25)5-6-20(18)28-22(21)17-9-14(3)27-15(4)10-17/h5-6,9-11,13,19,26,28H,7-8,12H2,1-4H3/t19-/m1/s1. The van der Waals surface area contributed by atoms with Gasteiger partial charge in [0.05, 0.1) is 18.2 Å². The predicted octanol–water partition coefficient (Wildman–Crippen LogP) is 5.68. The number of nitrogens with one attached hydrogen (secondary N) is 2. The number of aromatic amines is 1. The molecule has 28 heavy (non-hydrogen) atoms. The van der Waals surface area contributed by atoms with Crippen molar-refractivity contribution in [3.05, 3.63) is 52.8 Å². The zero-order valence-electron chi connectivity index (χ0n) is 16.9. The van der Waals surface area contributed by atoms with E-state index in [-0.39, 0.29) is 12.5 Å². The molecular weight excluding hydrogens is 356 g/mol. The first-order chi connectivity index (χ1) is 13.3. The van der Waals surface area contributed by atoms with Crippen molar-refractivity contribution in [2.75, 3.05) is 13.1 Å². The van der Waals surface area contributed by atoms with E-state index in [9.17, 15) is 8.78 Å². The van der Waals surface area contributed by atoms with Crippen LogP contribution in [0.5, 0.6) is 0 Å². The molecule has 2 aromatic heterocycles. The first-order valence-corrected chi connectivity index (χ1v) is 9.96. The lowest BCUT2D eigenvalue weighted by Gasteiger charge is -2.32. The monoisotopic (exact) mass is 383 g/mol. The molecule has 2 N–H and O–H groups in total. The van der Waals surface area contributed by atoms with Crippen molar-refractivity contribution >= 4 is 10.9 Å². The maximum Gasteiger partial charge on any atom is 0.267 e. The lowest BCUT2D eigenvalue weighted by atomic mass is 9.85. The second-order valence-corrected chi connectivity index (χ2v) is 8.29. The summed E-state index contributed by atoms with van der Waals surface area (Å²) in [6.07, 6.45) is 0.454. The minimum absolute atomic E-state index is 0.249. The number of fused-ring (bicyclic) bond motifs is 1. The fourth-order valence-corrected chi connectivity index (χ4v) is 4.50. The van der Waals surface area contributed by atoms with Gasteiger partial charge in [0, 0.05) is 27.9 Å². The molecule has 0 bridgehead atoms. The molecule has 1 aliphatic heterocycles. The van der Waals surface area contributed by atoms with Crippen LogP contribution in [0.1, 0.15) is 54.6 Å². The average Bonchev–Trinajstić information content (AvgIpc) is 2.99. The Bertz CT molecular complexity index is 1000. The van der Waals surface area contributed by atoms with Gasteiger partial charge in [0.25, 0.3) is 5.92 Å². The van der Waals surface area contributed by atoms with Gasteiger partial charge in [-0.25, -0.2) is 8.78 Å². The van der Waals surface area contributed by atoms with Gasteiger partial charge in [-0.3, -0.25) is 4.98 Å². The van der Waals surface area contributed by atoms with E-state index in [1.54, 1.807) is 0 Å². The summed E-state index contributed by atoms with van der Waals surface area (Å²) in [5, 5.41) is 3.86. The molecule has 1 aromatic carbocycles. The van der Waals surface area contributed by atoms with Gasteiger partial charge in [0.15, 0.2) is 0 Å². The third kappa shape index (κ3) is 3.32. The van der Waals surface area contributed by atoms with Crippen LogP contribution in [0.15, 0.2) is 30.3 Å². The van der Waals surface area contributed by atoms with E-state index in [4.69, 9.17) is 0 Å². The number of halogens is 2. The predicted molar refractivity (Wildman–Crippen MR) is 110 cm³/mol. The highest BCUT2D eigenvalue weighted by Gasteiger charge is 2.42. The fourth-order valence-electron chi connectivity index (χ4n) is 4.50. The Kier molecular flexibility index (Phi) is 4.74. The number of H-pyrrole nitrogens is 1. The van der Waals surface area contributed by atoms with Crippen LogP contribution in [0.2, 0.25) is 0 Å². The minimum Gasteiger partial charge on any atom is -0.354 e. The highest BCUT2D eigenvalue weighted by Crippen LogP contribution is 2.41. The topological polar surface area (TPSA) is 40.7 Å². The largest absolute Gasteiger partial charge is 0.354 e. The number of piperidine rings is 1. The molecule has 1 aliphatic rings. The van der Waals surface area contributed by atoms with Gasteiger partial charge in [-0.2, -0.15) is 0 Å². The van der Waals surface area contributed by atoms with Gasteiger partial charge >= 0.3 is 0 Å². The van der Waals surface area contributed by atoms with Crippen LogP contribution in [-0.2, 0) is 0 Å². The van der Waals surface area contributed by atoms with E-state index in [2.05, 4.69) is 41.3 Å². The Hall–Kier alpha value is -2.27. The van der Waals surface area contributed by atoms with Crippen molar-refractivity contribution in [3.8, 4) is 11.3 Å². The van der Waals surface area contributed by atoms with Gasteiger partial charge in [-0.1, -0.05) is 19.9 Å². The molecule has 5 heteroatoms. The smallest absolute Gasteiger partial charge is 0.267 e. The van der Waals surface area contributed by atoms with Crippen LogP contribution in [0.3, 0.4) is 0 Å². The highest BCUT2D eigenvalue weighted by molar-refractivity contribution is 5.92. The molecule has 1 fully saturated rings. The summed E-state index contributed by atoms with van der Waals surface area (Å²) in [7, 11) is 0. The number of benzene rings is 1. The number of aryl methyl sites for hydroxylation is 2. The third-order valence-electron chi connectivity index (χ3n) is 5.69. The van der Waals surface area contributed by atoms with E-state index >= 15 is 0 Å². The Labute approximate surface area is 164 Å². The molecule has 0 aliphatic carbocycles. The van der Waals surface area contributed by atoms with E-state index in [0.29, 0.717) is 13.0 Å². The zero-order chi connectivity index (χ0) is 20.1. The minimum atomic E-state index is -2.72. The lowest BCUT2D eigenvalue weighted by molar-refractivity contribution is -0.0419. The van der Waals surface area contributed by atoms with Gasteiger partial charge in [-0.05, 0) is 68.1 Å². The van der Waals surface area contributed by atoms with E-state index in [0.717, 1.165) is 39.1 Å². The number of hydrogen-bond donors (Lipinski definition) is 2. The van der Waals surface area contributed by atoms with Crippen LogP contribution < -0.4 is 5.32 Å². The normalized spacial score (nSPS) is 19.5. The summed E-state index contributed by atoms with van der Waals surface area (Å²) < 4.78 is 29.0. The second kappa shape index (κ2) is 6.96. The van der Waals surface area contributed by atoms with Crippen LogP contribution >= 0.6 is 0 Å². The molecule has 0 spiro atoms. The van der Waals surface area contributed by atoms with Gasteiger partial charge < -0.3 is 10.3 Å². The van der Waals surface area contributed by atoms with Crippen LogP contribution in [-0.4, -0.2) is 29.0 Å². The Balaban J connectivity index is 1.88. The molecule has 1 atom stereocenters. The molecule has 0 amide bonds. The maximum atomic E-state index is 14.5. The summed E-state index contributed by atoms with van der Waals surface area (Å²) in [6, 6.07) is 9.95.